The zero-order chi connectivity index (χ0) is 18.8. The van der Waals surface area contributed by atoms with Gasteiger partial charge in [-0.25, -0.2) is 10.4 Å². The Morgan fingerprint density at radius 1 is 1.38 bits per heavy atom. The summed E-state index contributed by atoms with van der Waals surface area (Å²) in [6.07, 6.45) is -1.12. The molecule has 3 rings (SSSR count). The molecule has 1 aliphatic rings. The van der Waals surface area contributed by atoms with E-state index in [0.717, 1.165) is 18.6 Å². The zero-order valence-electron chi connectivity index (χ0n) is 14.6. The maximum atomic E-state index is 10.2. The molecule has 4 atom stereocenters. The predicted molar refractivity (Wildman–Crippen MR) is 94.4 cm³/mol. The molecule has 0 saturated carbocycles. The molecule has 11 nitrogen and oxygen atoms in total. The summed E-state index contributed by atoms with van der Waals surface area (Å²) in [5.74, 6) is 0.324. The van der Waals surface area contributed by atoms with Crippen LogP contribution in [0.4, 0.5) is 11.8 Å². The molecule has 1 aliphatic heterocycles. The maximum absolute atomic E-state index is 10.2. The Balaban J connectivity index is 1.94. The van der Waals surface area contributed by atoms with Gasteiger partial charge in [0, 0.05) is 5.71 Å². The fourth-order valence-corrected chi connectivity index (χ4v) is 2.85. The van der Waals surface area contributed by atoms with E-state index in [0.29, 0.717) is 11.2 Å². The van der Waals surface area contributed by atoms with E-state index < -0.39 is 31.1 Å². The Kier molecular flexibility index (Phi) is 5.32. The summed E-state index contributed by atoms with van der Waals surface area (Å²) >= 11 is 0. The molecule has 0 aromatic carbocycles. The quantitative estimate of drug-likeness (QED) is 0.338. The van der Waals surface area contributed by atoms with E-state index in [1.54, 1.807) is 0 Å². The van der Waals surface area contributed by atoms with Crippen molar-refractivity contribution < 1.29 is 20.1 Å². The predicted octanol–water partition coefficient (Wildman–Crippen LogP) is -0.392. The highest BCUT2D eigenvalue weighted by atomic mass is 16.6. The summed E-state index contributed by atoms with van der Waals surface area (Å²) in [6.45, 7) is 3.53. The van der Waals surface area contributed by atoms with Crippen molar-refractivity contribution in [2.24, 2.45) is 5.10 Å². The summed E-state index contributed by atoms with van der Waals surface area (Å²) in [5.41, 5.74) is 10.3. The minimum atomic E-state index is -1.25. The highest BCUT2D eigenvalue weighted by Gasteiger charge is 2.44. The number of nitrogens with zero attached hydrogens (tertiary/aromatic N) is 5. The Labute approximate surface area is 149 Å². The molecule has 26 heavy (non-hydrogen) atoms. The van der Waals surface area contributed by atoms with Crippen LogP contribution in [0.2, 0.25) is 0 Å². The third kappa shape index (κ3) is 3.33. The van der Waals surface area contributed by atoms with Gasteiger partial charge in [0.25, 0.3) is 0 Å². The summed E-state index contributed by atoms with van der Waals surface area (Å²) in [7, 11) is 0. The first-order valence-electron chi connectivity index (χ1n) is 8.38. The fraction of sp³-hybridized carbons (Fsp3) is 0.600. The lowest BCUT2D eigenvalue weighted by molar-refractivity contribution is -0.0511. The van der Waals surface area contributed by atoms with Crippen LogP contribution < -0.4 is 11.2 Å². The standard InChI is InChI=1S/C15H23N7O4/c1-3-4-7(2)20-21-15-18-12(16)9-13(19-15)22(6-17-9)14-11(25)10(24)8(5-23)26-14/h6,8,10-11,14,23-25H,3-5H2,1-2H3,(H3,16,18,19,21)/b20-7+/t8-,10-,11-,14-/m1/s1. The first-order valence-corrected chi connectivity index (χ1v) is 8.38. The SMILES string of the molecule is CCC/C(C)=N/Nc1nc(N)c2ncn([C@@H]3O[C@H](CO)[C@@H](O)[C@H]3O)c2n1. The molecule has 11 heteroatoms. The van der Waals surface area contributed by atoms with Crippen LogP contribution in [0, 0.1) is 0 Å². The minimum absolute atomic E-state index is 0.145. The molecule has 0 amide bonds. The van der Waals surface area contributed by atoms with Crippen molar-refractivity contribution in [3.05, 3.63) is 6.33 Å². The number of imidazole rings is 1. The van der Waals surface area contributed by atoms with Gasteiger partial charge in [0.15, 0.2) is 17.7 Å². The molecule has 6 N–H and O–H groups in total. The van der Waals surface area contributed by atoms with Gasteiger partial charge >= 0.3 is 0 Å². The van der Waals surface area contributed by atoms with Crippen molar-refractivity contribution in [3.8, 4) is 0 Å². The first kappa shape index (κ1) is 18.5. The van der Waals surface area contributed by atoms with E-state index in [1.165, 1.54) is 10.9 Å². The topological polar surface area (TPSA) is 164 Å². The lowest BCUT2D eigenvalue weighted by Crippen LogP contribution is -2.33. The van der Waals surface area contributed by atoms with E-state index in [2.05, 4.69) is 32.4 Å². The van der Waals surface area contributed by atoms with Gasteiger partial charge in [-0.2, -0.15) is 15.1 Å². The van der Waals surface area contributed by atoms with E-state index in [-0.39, 0.29) is 11.8 Å². The Morgan fingerprint density at radius 3 is 2.81 bits per heavy atom. The van der Waals surface area contributed by atoms with Crippen LogP contribution in [0.5, 0.6) is 0 Å². The van der Waals surface area contributed by atoms with Gasteiger partial charge < -0.3 is 25.8 Å². The number of aliphatic hydroxyl groups excluding tert-OH is 3. The summed E-state index contributed by atoms with van der Waals surface area (Å²) in [5, 5.41) is 33.6. The van der Waals surface area contributed by atoms with Crippen LogP contribution in [0.25, 0.3) is 11.2 Å². The van der Waals surface area contributed by atoms with Crippen LogP contribution in [-0.4, -0.2) is 65.5 Å². The molecule has 1 saturated heterocycles. The normalized spacial score (nSPS) is 26.6. The number of hydrogen-bond acceptors (Lipinski definition) is 10. The lowest BCUT2D eigenvalue weighted by atomic mass is 10.1. The molecular formula is C15H23N7O4. The lowest BCUT2D eigenvalue weighted by Gasteiger charge is -2.16. The highest BCUT2D eigenvalue weighted by molar-refractivity contribution is 5.84. The number of fused-ring (bicyclic) bond motifs is 1. The monoisotopic (exact) mass is 365 g/mol. The van der Waals surface area contributed by atoms with Crippen LogP contribution in [0.15, 0.2) is 11.4 Å². The molecular weight excluding hydrogens is 342 g/mol. The second kappa shape index (κ2) is 7.50. The highest BCUT2D eigenvalue weighted by Crippen LogP contribution is 2.32. The zero-order valence-corrected chi connectivity index (χ0v) is 14.6. The third-order valence-corrected chi connectivity index (χ3v) is 4.20. The number of nitrogens with one attached hydrogen (secondary N) is 1. The number of ether oxygens (including phenoxy) is 1. The summed E-state index contributed by atoms with van der Waals surface area (Å²) in [4.78, 5) is 12.6. The number of hydrazone groups is 1. The summed E-state index contributed by atoms with van der Waals surface area (Å²) < 4.78 is 6.97. The summed E-state index contributed by atoms with van der Waals surface area (Å²) in [6, 6.07) is 0. The van der Waals surface area contributed by atoms with Crippen molar-refractivity contribution in [2.45, 2.75) is 51.2 Å². The van der Waals surface area contributed by atoms with Crippen LogP contribution in [0.3, 0.4) is 0 Å². The largest absolute Gasteiger partial charge is 0.394 e. The molecule has 0 spiro atoms. The molecule has 0 radical (unpaired) electrons. The van der Waals surface area contributed by atoms with Crippen LogP contribution in [-0.2, 0) is 4.74 Å². The van der Waals surface area contributed by atoms with Crippen molar-refractivity contribution in [1.82, 2.24) is 19.5 Å². The van der Waals surface area contributed by atoms with Crippen molar-refractivity contribution >= 4 is 28.6 Å². The smallest absolute Gasteiger partial charge is 0.247 e. The van der Waals surface area contributed by atoms with Gasteiger partial charge in [0.1, 0.15) is 23.8 Å². The second-order valence-electron chi connectivity index (χ2n) is 6.19. The molecule has 3 heterocycles. The number of nitrogens with two attached hydrogens (primary N) is 1. The fourth-order valence-electron chi connectivity index (χ4n) is 2.85. The number of hydrogen-bond donors (Lipinski definition) is 5. The Morgan fingerprint density at radius 2 is 2.15 bits per heavy atom. The first-order chi connectivity index (χ1) is 12.5. The minimum Gasteiger partial charge on any atom is -0.394 e. The molecule has 0 bridgehead atoms. The van der Waals surface area contributed by atoms with Crippen molar-refractivity contribution in [1.29, 1.82) is 0 Å². The average Bonchev–Trinajstić information content (AvgIpc) is 3.16. The Hall–Kier alpha value is -2.34. The molecule has 0 aliphatic carbocycles. The van der Waals surface area contributed by atoms with Gasteiger partial charge in [0.2, 0.25) is 5.95 Å². The molecule has 2 aromatic rings. The van der Waals surface area contributed by atoms with Crippen LogP contribution in [0.1, 0.15) is 32.9 Å². The van der Waals surface area contributed by atoms with E-state index in [4.69, 9.17) is 10.5 Å². The number of nitrogen functional groups attached to an aromatic ring is 1. The van der Waals surface area contributed by atoms with Crippen molar-refractivity contribution in [2.75, 3.05) is 17.8 Å². The maximum Gasteiger partial charge on any atom is 0.247 e. The molecule has 1 fully saturated rings. The Bertz CT molecular complexity index is 809. The van der Waals surface area contributed by atoms with Crippen molar-refractivity contribution in [3.63, 3.8) is 0 Å². The van der Waals surface area contributed by atoms with E-state index >= 15 is 0 Å². The number of aromatic nitrogens is 4. The van der Waals surface area contributed by atoms with Gasteiger partial charge in [-0.15, -0.1) is 0 Å². The molecule has 0 unspecified atom stereocenters. The van der Waals surface area contributed by atoms with Gasteiger partial charge in [-0.3, -0.25) is 4.57 Å². The second-order valence-corrected chi connectivity index (χ2v) is 6.19. The number of aliphatic hydroxyl groups is 3. The number of rotatable bonds is 6. The van der Waals surface area contributed by atoms with Crippen LogP contribution >= 0.6 is 0 Å². The molecule has 2 aromatic heterocycles. The van der Waals surface area contributed by atoms with Gasteiger partial charge in [-0.05, 0) is 13.3 Å². The van der Waals surface area contributed by atoms with Gasteiger partial charge in [-0.1, -0.05) is 13.3 Å². The third-order valence-electron chi connectivity index (χ3n) is 4.20. The van der Waals surface area contributed by atoms with E-state index in [1.807, 2.05) is 6.92 Å². The van der Waals surface area contributed by atoms with E-state index in [9.17, 15) is 15.3 Å². The molecule has 142 valence electrons. The average molecular weight is 365 g/mol. The number of anilines is 2. The van der Waals surface area contributed by atoms with Gasteiger partial charge in [0.05, 0.1) is 12.9 Å².